The van der Waals surface area contributed by atoms with Crippen LogP contribution in [0.1, 0.15) is 10.9 Å². The molecule has 1 atom stereocenters. The first-order valence-electron chi connectivity index (χ1n) is 3.88. The van der Waals surface area contributed by atoms with Gasteiger partial charge < -0.3 is 10.6 Å². The summed E-state index contributed by atoms with van der Waals surface area (Å²) in [5.41, 5.74) is 0. The van der Waals surface area contributed by atoms with Gasteiger partial charge in [-0.3, -0.25) is 9.59 Å². The van der Waals surface area contributed by atoms with Crippen molar-refractivity contribution in [2.75, 3.05) is 6.54 Å². The Morgan fingerprint density at radius 2 is 2.31 bits per heavy atom. The number of piperazine rings is 1. The second-order valence-corrected chi connectivity index (χ2v) is 3.71. The molecule has 5 heteroatoms. The van der Waals surface area contributed by atoms with E-state index in [4.69, 9.17) is 0 Å². The molecule has 1 aliphatic rings. The zero-order valence-corrected chi connectivity index (χ0v) is 7.56. The predicted octanol–water partition coefficient (Wildman–Crippen LogP) is 0.0352. The topological polar surface area (TPSA) is 58.2 Å². The maximum absolute atomic E-state index is 11.3. The van der Waals surface area contributed by atoms with E-state index in [0.29, 0.717) is 0 Å². The maximum Gasteiger partial charge on any atom is 0.248 e. The monoisotopic (exact) mass is 196 g/mol. The third-order valence-corrected chi connectivity index (χ3v) is 2.76. The number of carbonyl (C=O) groups excluding carboxylic acids is 2. The SMILES string of the molecule is O=C1CNC(=O)[C@H](c2cccs2)N1. The van der Waals surface area contributed by atoms with E-state index in [2.05, 4.69) is 10.6 Å². The highest BCUT2D eigenvalue weighted by molar-refractivity contribution is 7.10. The lowest BCUT2D eigenvalue weighted by Gasteiger charge is -2.21. The van der Waals surface area contributed by atoms with Crippen LogP contribution in [0, 0.1) is 0 Å². The van der Waals surface area contributed by atoms with Gasteiger partial charge in [0.1, 0.15) is 6.04 Å². The normalized spacial score (nSPS) is 22.3. The van der Waals surface area contributed by atoms with Crippen molar-refractivity contribution in [3.8, 4) is 0 Å². The Morgan fingerprint density at radius 1 is 1.46 bits per heavy atom. The van der Waals surface area contributed by atoms with E-state index in [1.165, 1.54) is 11.3 Å². The lowest BCUT2D eigenvalue weighted by atomic mass is 10.2. The lowest BCUT2D eigenvalue weighted by molar-refractivity contribution is -0.133. The summed E-state index contributed by atoms with van der Waals surface area (Å²) in [6, 6.07) is 3.19. The first kappa shape index (κ1) is 8.25. The molecule has 1 saturated heterocycles. The Hall–Kier alpha value is -1.36. The molecule has 1 aromatic heterocycles. The Labute approximate surface area is 78.9 Å². The Bertz CT molecular complexity index is 334. The Morgan fingerprint density at radius 3 is 3.00 bits per heavy atom. The number of amides is 2. The van der Waals surface area contributed by atoms with E-state index in [1.807, 2.05) is 17.5 Å². The Kier molecular flexibility index (Phi) is 2.02. The molecule has 0 saturated carbocycles. The number of rotatable bonds is 1. The van der Waals surface area contributed by atoms with Crippen LogP contribution in [0.2, 0.25) is 0 Å². The fraction of sp³-hybridized carbons (Fsp3) is 0.250. The van der Waals surface area contributed by atoms with E-state index in [-0.39, 0.29) is 18.4 Å². The Balaban J connectivity index is 2.22. The standard InChI is InChI=1S/C8H8N2O2S/c11-6-4-9-8(12)7(10-6)5-2-1-3-13-5/h1-3,7H,4H2,(H,9,12)(H,10,11)/t7-/m0/s1. The molecule has 0 unspecified atom stereocenters. The molecule has 4 nitrogen and oxygen atoms in total. The van der Waals surface area contributed by atoms with Gasteiger partial charge >= 0.3 is 0 Å². The molecule has 1 aromatic rings. The van der Waals surface area contributed by atoms with Crippen LogP contribution in [0.5, 0.6) is 0 Å². The highest BCUT2D eigenvalue weighted by Gasteiger charge is 2.27. The first-order chi connectivity index (χ1) is 6.27. The van der Waals surface area contributed by atoms with Crippen LogP contribution in [-0.2, 0) is 9.59 Å². The van der Waals surface area contributed by atoms with Crippen molar-refractivity contribution < 1.29 is 9.59 Å². The molecule has 0 spiro atoms. The van der Waals surface area contributed by atoms with Crippen molar-refractivity contribution in [2.45, 2.75) is 6.04 Å². The third kappa shape index (κ3) is 1.55. The molecule has 68 valence electrons. The summed E-state index contributed by atoms with van der Waals surface area (Å²) in [7, 11) is 0. The van der Waals surface area contributed by atoms with Gasteiger partial charge in [0.2, 0.25) is 11.8 Å². The van der Waals surface area contributed by atoms with Crippen LogP contribution in [0.3, 0.4) is 0 Å². The molecule has 1 fully saturated rings. The van der Waals surface area contributed by atoms with E-state index in [0.717, 1.165) is 4.88 Å². The smallest absolute Gasteiger partial charge is 0.248 e. The minimum Gasteiger partial charge on any atom is -0.345 e. The molecule has 2 rings (SSSR count). The average molecular weight is 196 g/mol. The van der Waals surface area contributed by atoms with Gasteiger partial charge in [-0.2, -0.15) is 0 Å². The van der Waals surface area contributed by atoms with Crippen molar-refractivity contribution in [2.24, 2.45) is 0 Å². The van der Waals surface area contributed by atoms with Gasteiger partial charge in [0.05, 0.1) is 6.54 Å². The molecule has 2 N–H and O–H groups in total. The lowest BCUT2D eigenvalue weighted by Crippen LogP contribution is -2.50. The van der Waals surface area contributed by atoms with Crippen LogP contribution in [0.15, 0.2) is 17.5 Å². The van der Waals surface area contributed by atoms with Crippen molar-refractivity contribution in [1.29, 1.82) is 0 Å². The van der Waals surface area contributed by atoms with Crippen molar-refractivity contribution in [1.82, 2.24) is 10.6 Å². The molecule has 0 radical (unpaired) electrons. The highest BCUT2D eigenvalue weighted by Crippen LogP contribution is 2.20. The van der Waals surface area contributed by atoms with Crippen LogP contribution in [0.4, 0.5) is 0 Å². The predicted molar refractivity (Wildman–Crippen MR) is 48.2 cm³/mol. The van der Waals surface area contributed by atoms with Gasteiger partial charge in [-0.25, -0.2) is 0 Å². The van der Waals surface area contributed by atoms with E-state index in [9.17, 15) is 9.59 Å². The fourth-order valence-corrected chi connectivity index (χ4v) is 1.98. The van der Waals surface area contributed by atoms with Crippen LogP contribution >= 0.6 is 11.3 Å². The summed E-state index contributed by atoms with van der Waals surface area (Å²) in [4.78, 5) is 23.2. The number of hydrogen-bond donors (Lipinski definition) is 2. The van der Waals surface area contributed by atoms with Crippen molar-refractivity contribution in [3.63, 3.8) is 0 Å². The molecule has 2 heterocycles. The summed E-state index contributed by atoms with van der Waals surface area (Å²) < 4.78 is 0. The molecule has 0 bridgehead atoms. The maximum atomic E-state index is 11.3. The highest BCUT2D eigenvalue weighted by atomic mass is 32.1. The van der Waals surface area contributed by atoms with Crippen molar-refractivity contribution in [3.05, 3.63) is 22.4 Å². The molecule has 13 heavy (non-hydrogen) atoms. The third-order valence-electron chi connectivity index (χ3n) is 1.82. The zero-order chi connectivity index (χ0) is 9.26. The van der Waals surface area contributed by atoms with E-state index >= 15 is 0 Å². The van der Waals surface area contributed by atoms with Crippen LogP contribution in [0.25, 0.3) is 0 Å². The minimum atomic E-state index is -0.499. The summed E-state index contributed by atoms with van der Waals surface area (Å²) in [5.74, 6) is -0.278. The van der Waals surface area contributed by atoms with Crippen LogP contribution in [-0.4, -0.2) is 18.4 Å². The zero-order valence-electron chi connectivity index (χ0n) is 6.74. The van der Waals surface area contributed by atoms with Gasteiger partial charge in [0, 0.05) is 4.88 Å². The number of nitrogens with one attached hydrogen (secondary N) is 2. The van der Waals surface area contributed by atoms with Gasteiger partial charge in [0.15, 0.2) is 0 Å². The van der Waals surface area contributed by atoms with Gasteiger partial charge in [0.25, 0.3) is 0 Å². The van der Waals surface area contributed by atoms with Crippen molar-refractivity contribution >= 4 is 23.2 Å². The average Bonchev–Trinajstić information content (AvgIpc) is 2.61. The summed E-state index contributed by atoms with van der Waals surface area (Å²) in [6.45, 7) is 0.0840. The minimum absolute atomic E-state index is 0.0840. The van der Waals surface area contributed by atoms with Crippen LogP contribution < -0.4 is 10.6 Å². The molecule has 0 aromatic carbocycles. The molecule has 2 amide bonds. The summed E-state index contributed by atoms with van der Waals surface area (Å²) >= 11 is 1.46. The largest absolute Gasteiger partial charge is 0.345 e. The fourth-order valence-electron chi connectivity index (χ4n) is 1.20. The van der Waals surface area contributed by atoms with Gasteiger partial charge in [-0.1, -0.05) is 6.07 Å². The second-order valence-electron chi connectivity index (χ2n) is 2.73. The molecule has 0 aliphatic carbocycles. The summed E-state index contributed by atoms with van der Waals surface area (Å²) in [5, 5.41) is 7.03. The quantitative estimate of drug-likeness (QED) is 0.666. The number of thiophene rings is 1. The van der Waals surface area contributed by atoms with Gasteiger partial charge in [-0.15, -0.1) is 11.3 Å². The summed E-state index contributed by atoms with van der Waals surface area (Å²) in [6.07, 6.45) is 0. The van der Waals surface area contributed by atoms with E-state index in [1.54, 1.807) is 0 Å². The molecule has 1 aliphatic heterocycles. The van der Waals surface area contributed by atoms with E-state index < -0.39 is 6.04 Å². The number of carbonyl (C=O) groups is 2. The number of hydrogen-bond acceptors (Lipinski definition) is 3. The molecular weight excluding hydrogens is 188 g/mol. The van der Waals surface area contributed by atoms with Gasteiger partial charge in [-0.05, 0) is 11.4 Å². The first-order valence-corrected chi connectivity index (χ1v) is 4.76. The second kappa shape index (κ2) is 3.18. The molecular formula is C8H8N2O2S.